The number of hydrogen-bond donors (Lipinski definition) is 1. The molecule has 0 amide bonds. The number of aryl methyl sites for hydroxylation is 2. The number of carboxylic acids is 1. The number of carboxylic acid groups (broad SMARTS) is 1. The summed E-state index contributed by atoms with van der Waals surface area (Å²) < 4.78 is 7.56. The summed E-state index contributed by atoms with van der Waals surface area (Å²) in [6.07, 6.45) is 1.48. The molecular formula is C11H10BrN3O3. The molecular weight excluding hydrogens is 302 g/mol. The van der Waals surface area contributed by atoms with Crippen LogP contribution in [-0.2, 0) is 7.05 Å². The average molecular weight is 312 g/mol. The Kier molecular flexibility index (Phi) is 3.33. The number of pyridine rings is 1. The molecule has 2 aromatic heterocycles. The maximum Gasteiger partial charge on any atom is 0.341 e. The van der Waals surface area contributed by atoms with Gasteiger partial charge in [-0.25, -0.2) is 14.5 Å². The third-order valence-corrected chi connectivity index (χ3v) is 2.64. The molecule has 18 heavy (non-hydrogen) atoms. The standard InChI is InChI=1S/C11H10BrN3O3/c1-6-3-9(15(2)14-6)18-10-8(11(16)17)4-7(12)5-13-10/h3-5H,1-2H3,(H,16,17). The van der Waals surface area contributed by atoms with Gasteiger partial charge in [-0.05, 0) is 28.9 Å². The van der Waals surface area contributed by atoms with Crippen LogP contribution in [-0.4, -0.2) is 25.8 Å². The molecule has 2 rings (SSSR count). The first kappa shape index (κ1) is 12.6. The summed E-state index contributed by atoms with van der Waals surface area (Å²) in [4.78, 5) is 15.0. The molecule has 0 bridgehead atoms. The molecule has 1 N–H and O–H groups in total. The van der Waals surface area contributed by atoms with Gasteiger partial charge in [-0.2, -0.15) is 5.10 Å². The number of ether oxygens (including phenoxy) is 1. The van der Waals surface area contributed by atoms with E-state index in [2.05, 4.69) is 26.0 Å². The molecule has 0 aliphatic heterocycles. The lowest BCUT2D eigenvalue weighted by molar-refractivity contribution is 0.0693. The van der Waals surface area contributed by atoms with Crippen molar-refractivity contribution in [1.82, 2.24) is 14.8 Å². The zero-order chi connectivity index (χ0) is 13.3. The largest absolute Gasteiger partial charge is 0.477 e. The van der Waals surface area contributed by atoms with Crippen LogP contribution < -0.4 is 4.74 Å². The second-order valence-corrected chi connectivity index (χ2v) is 4.58. The van der Waals surface area contributed by atoms with Gasteiger partial charge in [0.15, 0.2) is 0 Å². The normalized spacial score (nSPS) is 10.4. The van der Waals surface area contributed by atoms with E-state index in [-0.39, 0.29) is 11.4 Å². The minimum atomic E-state index is -1.10. The number of hydrogen-bond acceptors (Lipinski definition) is 4. The number of rotatable bonds is 3. The van der Waals surface area contributed by atoms with Crippen LogP contribution in [0.4, 0.5) is 0 Å². The fourth-order valence-electron chi connectivity index (χ4n) is 1.44. The van der Waals surface area contributed by atoms with Crippen molar-refractivity contribution >= 4 is 21.9 Å². The molecule has 0 radical (unpaired) electrons. The highest BCUT2D eigenvalue weighted by molar-refractivity contribution is 9.10. The molecule has 0 aliphatic carbocycles. The number of aromatic carboxylic acids is 1. The molecule has 7 heteroatoms. The number of halogens is 1. The fourth-order valence-corrected chi connectivity index (χ4v) is 1.77. The quantitative estimate of drug-likeness (QED) is 0.941. The zero-order valence-electron chi connectivity index (χ0n) is 9.72. The zero-order valence-corrected chi connectivity index (χ0v) is 11.3. The van der Waals surface area contributed by atoms with Crippen molar-refractivity contribution < 1.29 is 14.6 Å². The van der Waals surface area contributed by atoms with Crippen LogP contribution in [0.1, 0.15) is 16.1 Å². The summed E-state index contributed by atoms with van der Waals surface area (Å²) in [6, 6.07) is 3.14. The first-order valence-corrected chi connectivity index (χ1v) is 5.84. The highest BCUT2D eigenvalue weighted by atomic mass is 79.9. The molecule has 0 saturated carbocycles. The molecule has 0 aliphatic rings. The van der Waals surface area contributed by atoms with Crippen LogP contribution in [0.25, 0.3) is 0 Å². The first-order valence-electron chi connectivity index (χ1n) is 5.04. The van der Waals surface area contributed by atoms with Crippen molar-refractivity contribution in [1.29, 1.82) is 0 Å². The Hall–Kier alpha value is -1.89. The summed E-state index contributed by atoms with van der Waals surface area (Å²) >= 11 is 3.17. The minimum absolute atomic E-state index is 0.0109. The number of nitrogens with zero attached hydrogens (tertiary/aromatic N) is 3. The summed E-state index contributed by atoms with van der Waals surface area (Å²) in [6.45, 7) is 1.82. The van der Waals surface area contributed by atoms with E-state index in [9.17, 15) is 4.79 Å². The van der Waals surface area contributed by atoms with Crippen molar-refractivity contribution in [3.8, 4) is 11.8 Å². The van der Waals surface area contributed by atoms with Crippen molar-refractivity contribution in [2.75, 3.05) is 0 Å². The predicted molar refractivity (Wildman–Crippen MR) is 66.9 cm³/mol. The minimum Gasteiger partial charge on any atom is -0.477 e. The van der Waals surface area contributed by atoms with Crippen molar-refractivity contribution in [3.05, 3.63) is 34.1 Å². The summed E-state index contributed by atoms with van der Waals surface area (Å²) in [7, 11) is 1.71. The van der Waals surface area contributed by atoms with Gasteiger partial charge in [-0.1, -0.05) is 0 Å². The molecule has 0 saturated heterocycles. The molecule has 94 valence electrons. The molecule has 0 unspecified atom stereocenters. The van der Waals surface area contributed by atoms with Crippen LogP contribution >= 0.6 is 15.9 Å². The lowest BCUT2D eigenvalue weighted by Gasteiger charge is -2.07. The van der Waals surface area contributed by atoms with Crippen LogP contribution in [0.3, 0.4) is 0 Å². The second-order valence-electron chi connectivity index (χ2n) is 3.66. The lowest BCUT2D eigenvalue weighted by atomic mass is 10.3. The van der Waals surface area contributed by atoms with Crippen LogP contribution in [0.2, 0.25) is 0 Å². The average Bonchev–Trinajstić information content (AvgIpc) is 2.60. The van der Waals surface area contributed by atoms with Crippen molar-refractivity contribution in [3.63, 3.8) is 0 Å². The van der Waals surface area contributed by atoms with Gasteiger partial charge < -0.3 is 9.84 Å². The van der Waals surface area contributed by atoms with Gasteiger partial charge in [0, 0.05) is 23.8 Å². The van der Waals surface area contributed by atoms with Gasteiger partial charge in [0.1, 0.15) is 5.56 Å². The Morgan fingerprint density at radius 2 is 2.22 bits per heavy atom. The smallest absolute Gasteiger partial charge is 0.341 e. The van der Waals surface area contributed by atoms with Gasteiger partial charge in [-0.3, -0.25) is 0 Å². The van der Waals surface area contributed by atoms with Crippen LogP contribution in [0, 0.1) is 6.92 Å². The Bertz CT molecular complexity index is 610. The van der Waals surface area contributed by atoms with Crippen LogP contribution in [0.15, 0.2) is 22.8 Å². The fraction of sp³-hybridized carbons (Fsp3) is 0.182. The van der Waals surface area contributed by atoms with Crippen molar-refractivity contribution in [2.45, 2.75) is 6.92 Å². The second kappa shape index (κ2) is 4.77. The monoisotopic (exact) mass is 311 g/mol. The molecule has 0 atom stereocenters. The highest BCUT2D eigenvalue weighted by Gasteiger charge is 2.16. The number of carbonyl (C=O) groups is 1. The van der Waals surface area contributed by atoms with Gasteiger partial charge in [0.05, 0.1) is 5.69 Å². The highest BCUT2D eigenvalue weighted by Crippen LogP contribution is 2.25. The third kappa shape index (κ3) is 2.51. The summed E-state index contributed by atoms with van der Waals surface area (Å²) in [5.74, 6) is -0.629. The van der Waals surface area contributed by atoms with Gasteiger partial charge in [0.2, 0.25) is 11.8 Å². The van der Waals surface area contributed by atoms with E-state index in [4.69, 9.17) is 9.84 Å². The summed E-state index contributed by atoms with van der Waals surface area (Å²) in [5.41, 5.74) is 0.768. The Balaban J connectivity index is 2.40. The first-order chi connectivity index (χ1) is 8.47. The van der Waals surface area contributed by atoms with E-state index in [0.29, 0.717) is 10.4 Å². The van der Waals surface area contributed by atoms with Gasteiger partial charge in [0.25, 0.3) is 0 Å². The molecule has 2 heterocycles. The maximum atomic E-state index is 11.1. The molecule has 0 aromatic carbocycles. The van der Waals surface area contributed by atoms with Crippen LogP contribution in [0.5, 0.6) is 11.8 Å². The molecule has 0 spiro atoms. The van der Waals surface area contributed by atoms with E-state index >= 15 is 0 Å². The Morgan fingerprint density at radius 3 is 2.78 bits per heavy atom. The predicted octanol–water partition coefficient (Wildman–Crippen LogP) is 2.38. The SMILES string of the molecule is Cc1cc(Oc2ncc(Br)cc2C(=O)O)n(C)n1. The van der Waals surface area contributed by atoms with E-state index in [1.54, 1.807) is 13.1 Å². The molecule has 6 nitrogen and oxygen atoms in total. The van der Waals surface area contributed by atoms with E-state index in [1.807, 2.05) is 6.92 Å². The molecule has 0 fully saturated rings. The van der Waals surface area contributed by atoms with Crippen molar-refractivity contribution in [2.24, 2.45) is 7.05 Å². The summed E-state index contributed by atoms with van der Waals surface area (Å²) in [5, 5.41) is 13.2. The van der Waals surface area contributed by atoms with E-state index < -0.39 is 5.97 Å². The number of aromatic nitrogens is 3. The molecule has 2 aromatic rings. The Morgan fingerprint density at radius 1 is 1.50 bits per heavy atom. The maximum absolute atomic E-state index is 11.1. The van der Waals surface area contributed by atoms with E-state index in [1.165, 1.54) is 16.9 Å². The Labute approximate surface area is 111 Å². The van der Waals surface area contributed by atoms with Gasteiger partial charge in [-0.15, -0.1) is 0 Å². The third-order valence-electron chi connectivity index (χ3n) is 2.21. The lowest BCUT2D eigenvalue weighted by Crippen LogP contribution is -2.04. The topological polar surface area (TPSA) is 77.2 Å². The van der Waals surface area contributed by atoms with E-state index in [0.717, 1.165) is 5.69 Å². The van der Waals surface area contributed by atoms with Gasteiger partial charge >= 0.3 is 5.97 Å².